The van der Waals surface area contributed by atoms with E-state index in [4.69, 9.17) is 16.9 Å². The number of fused-ring (bicyclic) bond motifs is 1. The van der Waals surface area contributed by atoms with Crippen molar-refractivity contribution >= 4 is 32.5 Å². The highest BCUT2D eigenvalue weighted by molar-refractivity contribution is 7.90. The van der Waals surface area contributed by atoms with Crippen LogP contribution in [0.3, 0.4) is 0 Å². The molecule has 0 aliphatic rings. The Labute approximate surface area is 152 Å². The Morgan fingerprint density at radius 2 is 1.84 bits per heavy atom. The van der Waals surface area contributed by atoms with Gasteiger partial charge in [0.15, 0.2) is 0 Å². The molecule has 1 heterocycles. The van der Waals surface area contributed by atoms with Crippen LogP contribution in [-0.4, -0.2) is 18.3 Å². The molecule has 0 unspecified atom stereocenters. The zero-order valence-corrected chi connectivity index (χ0v) is 15.3. The van der Waals surface area contributed by atoms with Crippen molar-refractivity contribution in [1.82, 2.24) is 3.97 Å². The molecule has 4 nitrogen and oxygen atoms in total. The summed E-state index contributed by atoms with van der Waals surface area (Å²) in [6.45, 7) is 1.91. The van der Waals surface area contributed by atoms with Gasteiger partial charge in [-0.05, 0) is 56.2 Å². The van der Waals surface area contributed by atoms with Gasteiger partial charge in [0.25, 0.3) is 10.0 Å². The van der Waals surface area contributed by atoms with Crippen LogP contribution >= 0.6 is 11.6 Å². The molecule has 25 heavy (non-hydrogen) atoms. The number of halogens is 1. The van der Waals surface area contributed by atoms with Gasteiger partial charge < -0.3 is 0 Å². The van der Waals surface area contributed by atoms with E-state index in [1.54, 1.807) is 42.5 Å². The van der Waals surface area contributed by atoms with E-state index in [2.05, 4.69) is 6.07 Å². The fraction of sp³-hybridized carbons (Fsp3) is 0.211. The summed E-state index contributed by atoms with van der Waals surface area (Å²) in [6.07, 6.45) is 1.22. The largest absolute Gasteiger partial charge is 0.268 e. The second kappa shape index (κ2) is 6.91. The van der Waals surface area contributed by atoms with Crippen molar-refractivity contribution in [3.8, 4) is 6.07 Å². The van der Waals surface area contributed by atoms with Crippen LogP contribution in [0.2, 0.25) is 0 Å². The van der Waals surface area contributed by atoms with E-state index in [1.165, 1.54) is 3.97 Å². The van der Waals surface area contributed by atoms with Gasteiger partial charge in [0.2, 0.25) is 0 Å². The van der Waals surface area contributed by atoms with Crippen LogP contribution in [-0.2, 0) is 16.4 Å². The Hall–Kier alpha value is -2.29. The Morgan fingerprint density at radius 3 is 2.48 bits per heavy atom. The van der Waals surface area contributed by atoms with Gasteiger partial charge in [0.05, 0.1) is 22.0 Å². The average molecular weight is 373 g/mol. The summed E-state index contributed by atoms with van der Waals surface area (Å²) in [5.74, 6) is 0.454. The van der Waals surface area contributed by atoms with Crippen molar-refractivity contribution in [1.29, 1.82) is 5.26 Å². The van der Waals surface area contributed by atoms with E-state index in [9.17, 15) is 8.42 Å². The Kier molecular flexibility index (Phi) is 4.85. The number of hydrogen-bond donors (Lipinski definition) is 0. The minimum absolute atomic E-state index is 0.243. The Bertz CT molecular complexity index is 1060. The van der Waals surface area contributed by atoms with Gasteiger partial charge in [-0.15, -0.1) is 11.6 Å². The van der Waals surface area contributed by atoms with E-state index >= 15 is 0 Å². The first-order valence-electron chi connectivity index (χ1n) is 7.90. The molecule has 2 aromatic carbocycles. The number of aromatic nitrogens is 1. The predicted molar refractivity (Wildman–Crippen MR) is 99.5 cm³/mol. The van der Waals surface area contributed by atoms with Crippen LogP contribution in [0.15, 0.2) is 53.4 Å². The lowest BCUT2D eigenvalue weighted by Crippen LogP contribution is -2.15. The average Bonchev–Trinajstić information content (AvgIpc) is 2.98. The van der Waals surface area contributed by atoms with Crippen molar-refractivity contribution in [2.24, 2.45) is 0 Å². The molecule has 1 aromatic heterocycles. The van der Waals surface area contributed by atoms with E-state index in [0.717, 1.165) is 10.9 Å². The summed E-state index contributed by atoms with van der Waals surface area (Å²) >= 11 is 5.80. The zero-order chi connectivity index (χ0) is 18.0. The second-order valence-electron chi connectivity index (χ2n) is 5.90. The molecule has 0 aliphatic carbocycles. The minimum atomic E-state index is -3.73. The number of nitrogens with zero attached hydrogens (tertiary/aromatic N) is 2. The number of alkyl halides is 1. The smallest absolute Gasteiger partial charge is 0.238 e. The predicted octanol–water partition coefficient (Wildman–Crippen LogP) is 4.23. The minimum Gasteiger partial charge on any atom is -0.238 e. The van der Waals surface area contributed by atoms with Gasteiger partial charge in [-0.3, -0.25) is 0 Å². The highest BCUT2D eigenvalue weighted by Crippen LogP contribution is 2.27. The van der Waals surface area contributed by atoms with Crippen molar-refractivity contribution in [2.75, 3.05) is 5.88 Å². The third-order valence-electron chi connectivity index (χ3n) is 4.08. The molecule has 0 saturated heterocycles. The highest BCUT2D eigenvalue weighted by atomic mass is 35.5. The Balaban J connectivity index is 2.25. The molecule has 0 radical (unpaired) electrons. The summed E-state index contributed by atoms with van der Waals surface area (Å²) in [4.78, 5) is 0.243. The molecule has 128 valence electrons. The van der Waals surface area contributed by atoms with Crippen LogP contribution < -0.4 is 0 Å². The Morgan fingerprint density at radius 1 is 1.12 bits per heavy atom. The zero-order valence-electron chi connectivity index (χ0n) is 13.7. The highest BCUT2D eigenvalue weighted by Gasteiger charge is 2.23. The molecule has 0 N–H and O–H groups in total. The standard InChI is InChI=1S/C19H17ClN2O2S/c1-14-4-7-18(8-5-14)25(23,24)22-17(3-2-10-20)12-16-11-15(13-21)6-9-19(16)22/h4-9,11-12H,2-3,10H2,1H3. The molecule has 0 bridgehead atoms. The number of hydrogen-bond acceptors (Lipinski definition) is 3. The number of aryl methyl sites for hydroxylation is 2. The quantitative estimate of drug-likeness (QED) is 0.629. The van der Waals surface area contributed by atoms with E-state index in [0.29, 0.717) is 35.5 Å². The summed E-state index contributed by atoms with van der Waals surface area (Å²) in [5, 5.41) is 9.82. The normalized spacial score (nSPS) is 11.6. The maximum atomic E-state index is 13.2. The fourth-order valence-corrected chi connectivity index (χ4v) is 4.54. The SMILES string of the molecule is Cc1ccc(S(=O)(=O)n2c(CCCCl)cc3cc(C#N)ccc32)cc1. The second-order valence-corrected chi connectivity index (χ2v) is 8.06. The summed E-state index contributed by atoms with van der Waals surface area (Å²) in [5.41, 5.74) is 2.74. The molecular formula is C19H17ClN2O2S. The van der Waals surface area contributed by atoms with E-state index in [-0.39, 0.29) is 4.90 Å². The first kappa shape index (κ1) is 17.5. The van der Waals surface area contributed by atoms with Crippen molar-refractivity contribution in [2.45, 2.75) is 24.7 Å². The molecule has 0 spiro atoms. The molecular weight excluding hydrogens is 356 g/mol. The molecule has 0 aliphatic heterocycles. The lowest BCUT2D eigenvalue weighted by molar-refractivity contribution is 0.586. The van der Waals surface area contributed by atoms with Crippen molar-refractivity contribution in [3.05, 3.63) is 65.4 Å². The van der Waals surface area contributed by atoms with Crippen LogP contribution in [0.25, 0.3) is 10.9 Å². The van der Waals surface area contributed by atoms with Gasteiger partial charge in [-0.1, -0.05) is 17.7 Å². The van der Waals surface area contributed by atoms with E-state index in [1.807, 2.05) is 13.0 Å². The number of benzene rings is 2. The monoisotopic (exact) mass is 372 g/mol. The molecule has 0 saturated carbocycles. The maximum absolute atomic E-state index is 13.2. The summed E-state index contributed by atoms with van der Waals surface area (Å²) in [6, 6.07) is 15.7. The van der Waals surface area contributed by atoms with Gasteiger partial charge in [-0.2, -0.15) is 5.26 Å². The summed E-state index contributed by atoms with van der Waals surface area (Å²) in [7, 11) is -3.73. The van der Waals surface area contributed by atoms with Gasteiger partial charge in [0, 0.05) is 17.0 Å². The van der Waals surface area contributed by atoms with Crippen molar-refractivity contribution < 1.29 is 8.42 Å². The molecule has 3 aromatic rings. The first-order valence-corrected chi connectivity index (χ1v) is 9.87. The third-order valence-corrected chi connectivity index (χ3v) is 6.13. The van der Waals surface area contributed by atoms with Crippen LogP contribution in [0.5, 0.6) is 0 Å². The lowest BCUT2D eigenvalue weighted by Gasteiger charge is -2.12. The van der Waals surface area contributed by atoms with Crippen LogP contribution in [0.1, 0.15) is 23.2 Å². The van der Waals surface area contributed by atoms with Crippen LogP contribution in [0.4, 0.5) is 0 Å². The molecule has 0 amide bonds. The number of nitriles is 1. The van der Waals surface area contributed by atoms with Crippen LogP contribution in [0, 0.1) is 18.3 Å². The molecule has 3 rings (SSSR count). The topological polar surface area (TPSA) is 62.9 Å². The van der Waals surface area contributed by atoms with Gasteiger partial charge in [-0.25, -0.2) is 12.4 Å². The summed E-state index contributed by atoms with van der Waals surface area (Å²) < 4.78 is 27.8. The fourth-order valence-electron chi connectivity index (χ4n) is 2.84. The third kappa shape index (κ3) is 3.28. The van der Waals surface area contributed by atoms with Gasteiger partial charge >= 0.3 is 0 Å². The first-order chi connectivity index (χ1) is 12.0. The maximum Gasteiger partial charge on any atom is 0.268 e. The molecule has 6 heteroatoms. The lowest BCUT2D eigenvalue weighted by atomic mass is 10.1. The molecule has 0 atom stereocenters. The van der Waals surface area contributed by atoms with Crippen molar-refractivity contribution in [3.63, 3.8) is 0 Å². The van der Waals surface area contributed by atoms with Gasteiger partial charge in [0.1, 0.15) is 0 Å². The number of rotatable bonds is 5. The molecule has 0 fully saturated rings. The van der Waals surface area contributed by atoms with E-state index < -0.39 is 10.0 Å².